The van der Waals surface area contributed by atoms with E-state index in [0.29, 0.717) is 11.3 Å². The molecule has 2 atom stereocenters. The van der Waals surface area contributed by atoms with E-state index in [2.05, 4.69) is 56.0 Å². The third kappa shape index (κ3) is 2.28. The minimum atomic E-state index is 0.533. The summed E-state index contributed by atoms with van der Waals surface area (Å²) in [6.07, 6.45) is 1.13. The standard InChI is InChI=1S/C14H21NS/c1-4-11-6-7-12-9-16-10(3)14(15-5-2)13(12)8-11/h6-8,10,14-15H,4-5,9H2,1-3H3. The number of fused-ring (bicyclic) bond motifs is 1. The summed E-state index contributed by atoms with van der Waals surface area (Å²) in [7, 11) is 0. The molecule has 88 valence electrons. The molecule has 2 rings (SSSR count). The van der Waals surface area contributed by atoms with Crippen molar-refractivity contribution in [2.45, 2.75) is 44.2 Å². The van der Waals surface area contributed by atoms with E-state index in [0.717, 1.165) is 13.0 Å². The second-order valence-electron chi connectivity index (χ2n) is 4.44. The first-order valence-electron chi connectivity index (χ1n) is 6.23. The number of benzene rings is 1. The van der Waals surface area contributed by atoms with Gasteiger partial charge in [-0.05, 0) is 29.7 Å². The monoisotopic (exact) mass is 235 g/mol. The molecule has 0 saturated heterocycles. The van der Waals surface area contributed by atoms with Gasteiger partial charge < -0.3 is 5.32 Å². The van der Waals surface area contributed by atoms with Crippen molar-refractivity contribution >= 4 is 11.8 Å². The lowest BCUT2D eigenvalue weighted by molar-refractivity contribution is 0.539. The van der Waals surface area contributed by atoms with Gasteiger partial charge in [-0.3, -0.25) is 0 Å². The molecule has 1 aromatic carbocycles. The molecule has 2 unspecified atom stereocenters. The van der Waals surface area contributed by atoms with E-state index in [1.807, 2.05) is 0 Å². The Morgan fingerprint density at radius 1 is 1.38 bits per heavy atom. The first-order chi connectivity index (χ1) is 7.76. The first kappa shape index (κ1) is 12.0. The third-order valence-electron chi connectivity index (χ3n) is 3.35. The maximum absolute atomic E-state index is 3.62. The van der Waals surface area contributed by atoms with E-state index in [9.17, 15) is 0 Å². The number of nitrogens with one attached hydrogen (secondary N) is 1. The fraction of sp³-hybridized carbons (Fsp3) is 0.571. The van der Waals surface area contributed by atoms with Gasteiger partial charge in [0.2, 0.25) is 0 Å². The van der Waals surface area contributed by atoms with E-state index in [-0.39, 0.29) is 0 Å². The van der Waals surface area contributed by atoms with Crippen molar-refractivity contribution in [3.63, 3.8) is 0 Å². The van der Waals surface area contributed by atoms with Crippen LogP contribution in [0.1, 0.15) is 43.5 Å². The number of hydrogen-bond donors (Lipinski definition) is 1. The van der Waals surface area contributed by atoms with Crippen LogP contribution in [0.2, 0.25) is 0 Å². The van der Waals surface area contributed by atoms with Gasteiger partial charge in [0.25, 0.3) is 0 Å². The Bertz CT molecular complexity index is 362. The highest BCUT2D eigenvalue weighted by Crippen LogP contribution is 2.37. The van der Waals surface area contributed by atoms with Gasteiger partial charge in [0.1, 0.15) is 0 Å². The summed E-state index contributed by atoms with van der Waals surface area (Å²) in [4.78, 5) is 0. The van der Waals surface area contributed by atoms with Crippen LogP contribution in [-0.2, 0) is 12.2 Å². The van der Waals surface area contributed by atoms with Crippen LogP contribution in [-0.4, -0.2) is 11.8 Å². The van der Waals surface area contributed by atoms with Crippen LogP contribution in [0.3, 0.4) is 0 Å². The van der Waals surface area contributed by atoms with E-state index in [1.54, 1.807) is 0 Å². The van der Waals surface area contributed by atoms with Gasteiger partial charge in [-0.15, -0.1) is 0 Å². The van der Waals surface area contributed by atoms with E-state index >= 15 is 0 Å². The van der Waals surface area contributed by atoms with Gasteiger partial charge in [-0.25, -0.2) is 0 Å². The molecule has 1 aliphatic heterocycles. The molecule has 1 heterocycles. The Morgan fingerprint density at radius 3 is 2.88 bits per heavy atom. The highest BCUT2D eigenvalue weighted by molar-refractivity contribution is 7.99. The van der Waals surface area contributed by atoms with E-state index in [4.69, 9.17) is 0 Å². The lowest BCUT2D eigenvalue weighted by Crippen LogP contribution is -2.31. The highest BCUT2D eigenvalue weighted by Gasteiger charge is 2.26. The van der Waals surface area contributed by atoms with Crippen molar-refractivity contribution < 1.29 is 0 Å². The van der Waals surface area contributed by atoms with Gasteiger partial charge in [-0.1, -0.05) is 39.0 Å². The minimum Gasteiger partial charge on any atom is -0.309 e. The minimum absolute atomic E-state index is 0.533. The van der Waals surface area contributed by atoms with Crippen molar-refractivity contribution in [3.8, 4) is 0 Å². The van der Waals surface area contributed by atoms with Crippen LogP contribution >= 0.6 is 11.8 Å². The molecular formula is C14H21NS. The summed E-state index contributed by atoms with van der Waals surface area (Å²) in [6, 6.07) is 7.53. The molecule has 1 aliphatic rings. The lowest BCUT2D eigenvalue weighted by Gasteiger charge is -2.32. The summed E-state index contributed by atoms with van der Waals surface area (Å²) in [5.74, 6) is 1.17. The summed E-state index contributed by atoms with van der Waals surface area (Å²) >= 11 is 2.06. The maximum atomic E-state index is 3.62. The molecule has 0 spiro atoms. The van der Waals surface area contributed by atoms with Crippen molar-refractivity contribution in [1.29, 1.82) is 0 Å². The molecule has 1 N–H and O–H groups in total. The topological polar surface area (TPSA) is 12.0 Å². The number of hydrogen-bond acceptors (Lipinski definition) is 2. The molecule has 1 nitrogen and oxygen atoms in total. The predicted molar refractivity (Wildman–Crippen MR) is 73.0 cm³/mol. The van der Waals surface area contributed by atoms with Gasteiger partial charge in [-0.2, -0.15) is 11.8 Å². The third-order valence-corrected chi connectivity index (χ3v) is 4.62. The first-order valence-corrected chi connectivity index (χ1v) is 7.27. The van der Waals surface area contributed by atoms with E-state index < -0.39 is 0 Å². The number of thioether (sulfide) groups is 1. The van der Waals surface area contributed by atoms with Crippen LogP contribution in [0.25, 0.3) is 0 Å². The Labute approximate surface area is 103 Å². The number of rotatable bonds is 3. The van der Waals surface area contributed by atoms with Crippen LogP contribution in [0.15, 0.2) is 18.2 Å². The summed E-state index contributed by atoms with van der Waals surface area (Å²) in [5.41, 5.74) is 4.51. The zero-order chi connectivity index (χ0) is 11.5. The Kier molecular flexibility index (Phi) is 3.93. The largest absolute Gasteiger partial charge is 0.309 e. The molecule has 0 radical (unpaired) electrons. The van der Waals surface area contributed by atoms with Crippen LogP contribution in [0.5, 0.6) is 0 Å². The van der Waals surface area contributed by atoms with Crippen molar-refractivity contribution in [1.82, 2.24) is 5.32 Å². The van der Waals surface area contributed by atoms with Crippen LogP contribution < -0.4 is 5.32 Å². The molecular weight excluding hydrogens is 214 g/mol. The summed E-state index contributed by atoms with van der Waals surface area (Å²) in [5, 5.41) is 4.30. The molecule has 0 aliphatic carbocycles. The molecule has 0 bridgehead atoms. The fourth-order valence-electron chi connectivity index (χ4n) is 2.35. The zero-order valence-corrected chi connectivity index (χ0v) is 11.2. The normalized spacial score (nSPS) is 24.2. The predicted octanol–water partition coefficient (Wildman–Crippen LogP) is 3.53. The average molecular weight is 235 g/mol. The summed E-state index contributed by atoms with van der Waals surface area (Å²) < 4.78 is 0. The molecule has 0 amide bonds. The maximum Gasteiger partial charge on any atom is 0.0441 e. The SMILES string of the molecule is CCNC1c2cc(CC)ccc2CSC1C. The zero-order valence-electron chi connectivity index (χ0n) is 10.4. The molecule has 1 aromatic rings. The molecule has 2 heteroatoms. The van der Waals surface area contributed by atoms with Gasteiger partial charge in [0.05, 0.1) is 0 Å². The molecule has 16 heavy (non-hydrogen) atoms. The average Bonchev–Trinajstić information content (AvgIpc) is 2.32. The van der Waals surface area contributed by atoms with E-state index in [1.165, 1.54) is 22.4 Å². The Hall–Kier alpha value is -0.470. The molecule has 0 aromatic heterocycles. The second-order valence-corrected chi connectivity index (χ2v) is 5.80. The smallest absolute Gasteiger partial charge is 0.0441 e. The highest BCUT2D eigenvalue weighted by atomic mass is 32.2. The van der Waals surface area contributed by atoms with Crippen molar-refractivity contribution in [3.05, 3.63) is 34.9 Å². The van der Waals surface area contributed by atoms with Gasteiger partial charge in [0.15, 0.2) is 0 Å². The summed E-state index contributed by atoms with van der Waals surface area (Å²) in [6.45, 7) is 7.80. The van der Waals surface area contributed by atoms with Crippen LogP contribution in [0.4, 0.5) is 0 Å². The second kappa shape index (κ2) is 5.24. The fourth-order valence-corrected chi connectivity index (χ4v) is 3.49. The van der Waals surface area contributed by atoms with Gasteiger partial charge >= 0.3 is 0 Å². The Balaban J connectivity index is 2.35. The van der Waals surface area contributed by atoms with Crippen molar-refractivity contribution in [2.24, 2.45) is 0 Å². The molecule has 0 saturated carbocycles. The quantitative estimate of drug-likeness (QED) is 0.860. The molecule has 0 fully saturated rings. The Morgan fingerprint density at radius 2 is 2.19 bits per heavy atom. The van der Waals surface area contributed by atoms with Crippen LogP contribution in [0, 0.1) is 0 Å². The van der Waals surface area contributed by atoms with Crippen molar-refractivity contribution in [2.75, 3.05) is 6.54 Å². The lowest BCUT2D eigenvalue weighted by atomic mass is 9.95. The van der Waals surface area contributed by atoms with Gasteiger partial charge in [0, 0.05) is 17.0 Å². The number of aryl methyl sites for hydroxylation is 1.